The molecule has 0 spiro atoms. The molecular weight excluding hydrogens is 540 g/mol. The molecule has 8 rings (SSSR count). The molecule has 4 bridgehead atoms. The molecule has 4 atom stereocenters. The largest absolute Gasteiger partial charge is 0.378 e. The van der Waals surface area contributed by atoms with Gasteiger partial charge >= 0.3 is 10.1 Å². The number of halogens is 1. The van der Waals surface area contributed by atoms with Gasteiger partial charge in [-0.25, -0.2) is 0 Å². The topological polar surface area (TPSA) is 61.8 Å². The van der Waals surface area contributed by atoms with E-state index in [2.05, 4.69) is 52.3 Å². The Morgan fingerprint density at radius 3 is 1.69 bits per heavy atom. The average molecular weight is 559 g/mol. The van der Waals surface area contributed by atoms with Gasteiger partial charge in [0.05, 0.1) is 4.47 Å². The molecular formula is C29H19BrO5S. The van der Waals surface area contributed by atoms with E-state index in [1.807, 2.05) is 13.0 Å². The predicted octanol–water partition coefficient (Wildman–Crippen LogP) is 6.57. The molecule has 0 amide bonds. The Morgan fingerprint density at radius 2 is 1.14 bits per heavy atom. The van der Waals surface area contributed by atoms with Crippen LogP contribution in [0.2, 0.25) is 0 Å². The van der Waals surface area contributed by atoms with Crippen molar-refractivity contribution in [2.24, 2.45) is 0 Å². The smallest absolute Gasteiger partial charge is 0.339 e. The minimum Gasteiger partial charge on any atom is -0.378 e. The van der Waals surface area contributed by atoms with E-state index in [-0.39, 0.29) is 35.1 Å². The molecule has 4 aromatic rings. The van der Waals surface area contributed by atoms with E-state index in [0.717, 1.165) is 27.8 Å². The van der Waals surface area contributed by atoms with Crippen molar-refractivity contribution in [3.05, 3.63) is 127 Å². The first kappa shape index (κ1) is 21.1. The van der Waals surface area contributed by atoms with Gasteiger partial charge in [-0.3, -0.25) is 0 Å². The lowest BCUT2D eigenvalue weighted by Gasteiger charge is -2.22. The minimum atomic E-state index is -3.97. The predicted molar refractivity (Wildman–Crippen MR) is 136 cm³/mol. The third-order valence-corrected chi connectivity index (χ3v) is 9.60. The molecule has 0 aromatic heterocycles. The first-order valence-electron chi connectivity index (χ1n) is 11.8. The van der Waals surface area contributed by atoms with Crippen LogP contribution in [-0.2, 0) is 19.6 Å². The van der Waals surface area contributed by atoms with Crippen molar-refractivity contribution in [2.45, 2.75) is 36.2 Å². The number of benzene rings is 4. The van der Waals surface area contributed by atoms with Crippen LogP contribution in [-0.4, -0.2) is 8.42 Å². The molecule has 0 aliphatic carbocycles. The summed E-state index contributed by atoms with van der Waals surface area (Å²) >= 11 is 3.53. The molecule has 5 nitrogen and oxygen atoms in total. The van der Waals surface area contributed by atoms with Crippen LogP contribution >= 0.6 is 15.9 Å². The van der Waals surface area contributed by atoms with Crippen molar-refractivity contribution in [3.8, 4) is 5.75 Å². The fourth-order valence-corrected chi connectivity index (χ4v) is 7.56. The second kappa shape index (κ2) is 7.07. The zero-order valence-electron chi connectivity index (χ0n) is 19.1. The molecule has 4 heterocycles. The van der Waals surface area contributed by atoms with Crippen LogP contribution in [0.25, 0.3) is 0 Å². The van der Waals surface area contributed by atoms with Gasteiger partial charge in [-0.2, -0.15) is 8.42 Å². The molecule has 4 aliphatic rings. The summed E-state index contributed by atoms with van der Waals surface area (Å²) in [4.78, 5) is 0.120. The highest BCUT2D eigenvalue weighted by Crippen LogP contribution is 2.60. The van der Waals surface area contributed by atoms with Gasteiger partial charge in [0.1, 0.15) is 29.3 Å². The zero-order chi connectivity index (χ0) is 24.3. The van der Waals surface area contributed by atoms with Crippen LogP contribution in [0.4, 0.5) is 0 Å². The lowest BCUT2D eigenvalue weighted by Crippen LogP contribution is -2.12. The van der Waals surface area contributed by atoms with Crippen molar-refractivity contribution in [3.63, 3.8) is 0 Å². The Labute approximate surface area is 216 Å². The highest BCUT2D eigenvalue weighted by molar-refractivity contribution is 9.10. The zero-order valence-corrected chi connectivity index (χ0v) is 21.5. The van der Waals surface area contributed by atoms with Gasteiger partial charge in [0.25, 0.3) is 0 Å². The van der Waals surface area contributed by atoms with Crippen molar-refractivity contribution in [1.82, 2.24) is 0 Å². The lowest BCUT2D eigenvalue weighted by molar-refractivity contribution is 0.0818. The average Bonchev–Trinajstić information content (AvgIpc) is 3.61. The van der Waals surface area contributed by atoms with Crippen LogP contribution in [0, 0.1) is 6.92 Å². The monoisotopic (exact) mass is 558 g/mol. The van der Waals surface area contributed by atoms with Crippen LogP contribution in [0.15, 0.2) is 82.2 Å². The second-order valence-electron chi connectivity index (χ2n) is 9.79. The number of rotatable bonds is 3. The van der Waals surface area contributed by atoms with Gasteiger partial charge in [-0.1, -0.05) is 42.0 Å². The van der Waals surface area contributed by atoms with E-state index in [1.165, 1.54) is 22.3 Å². The van der Waals surface area contributed by atoms with Crippen LogP contribution in [0.3, 0.4) is 0 Å². The highest BCUT2D eigenvalue weighted by atomic mass is 79.9. The minimum absolute atomic E-state index is 0.0282. The van der Waals surface area contributed by atoms with E-state index in [0.29, 0.717) is 4.47 Å². The van der Waals surface area contributed by atoms with Gasteiger partial charge in [0.15, 0.2) is 5.75 Å². The quantitative estimate of drug-likeness (QED) is 0.266. The van der Waals surface area contributed by atoms with Crippen LogP contribution in [0.5, 0.6) is 5.75 Å². The van der Waals surface area contributed by atoms with E-state index in [1.54, 1.807) is 30.3 Å². The van der Waals surface area contributed by atoms with Crippen molar-refractivity contribution >= 4 is 26.0 Å². The summed E-state index contributed by atoms with van der Waals surface area (Å²) in [6.07, 6.45) is -0.538. The molecule has 4 unspecified atom stereocenters. The summed E-state index contributed by atoms with van der Waals surface area (Å²) in [5.74, 6) is 0.254. The number of hydrogen-bond donors (Lipinski definition) is 0. The molecule has 0 saturated carbocycles. The van der Waals surface area contributed by atoms with Crippen molar-refractivity contribution < 1.29 is 22.1 Å². The second-order valence-corrected chi connectivity index (χ2v) is 12.2. The van der Waals surface area contributed by atoms with Gasteiger partial charge in [0, 0.05) is 0 Å². The Bertz CT molecular complexity index is 1730. The van der Waals surface area contributed by atoms with Gasteiger partial charge in [-0.15, -0.1) is 0 Å². The Hall–Kier alpha value is -2.97. The Balaban J connectivity index is 1.18. The number of ether oxygens (including phenoxy) is 2. The van der Waals surface area contributed by atoms with Gasteiger partial charge in [0.2, 0.25) is 0 Å². The molecule has 36 heavy (non-hydrogen) atoms. The summed E-state index contributed by atoms with van der Waals surface area (Å²) in [6, 6.07) is 23.2. The summed E-state index contributed by atoms with van der Waals surface area (Å²) in [5, 5.41) is 0. The maximum atomic E-state index is 12.9. The molecule has 4 aromatic carbocycles. The highest BCUT2D eigenvalue weighted by Gasteiger charge is 2.48. The Kier molecular flexibility index (Phi) is 4.16. The third-order valence-electron chi connectivity index (χ3n) is 7.74. The molecule has 0 N–H and O–H groups in total. The van der Waals surface area contributed by atoms with E-state index in [4.69, 9.17) is 13.7 Å². The summed E-state index contributed by atoms with van der Waals surface area (Å²) in [5.41, 5.74) is 10.1. The van der Waals surface area contributed by atoms with Gasteiger partial charge in [-0.05, 0) is 104 Å². The fraction of sp³-hybridized carbons (Fsp3) is 0.172. The Morgan fingerprint density at radius 1 is 0.667 bits per heavy atom. The van der Waals surface area contributed by atoms with Crippen molar-refractivity contribution in [1.29, 1.82) is 0 Å². The standard InChI is InChI=1S/C29H19BrO5S/c1-14-6-8-15(9-7-14)36(31,32)35-25-13-23-22(12-24(25)30)28-20-10-18-19(11-21(20)29(23)34-28)27-17-5-3-2-4-16(17)26(18)33-27/h2-13,26-29H,1H3. The summed E-state index contributed by atoms with van der Waals surface area (Å²) in [6.45, 7) is 1.91. The number of fused-ring (bicyclic) bond motifs is 16. The number of aryl methyl sites for hydroxylation is 1. The molecule has 0 saturated heterocycles. The molecule has 178 valence electrons. The van der Waals surface area contributed by atoms with E-state index in [9.17, 15) is 8.42 Å². The summed E-state index contributed by atoms with van der Waals surface area (Å²) < 4.78 is 44.8. The van der Waals surface area contributed by atoms with E-state index >= 15 is 0 Å². The molecule has 0 fully saturated rings. The van der Waals surface area contributed by atoms with Crippen molar-refractivity contribution in [2.75, 3.05) is 0 Å². The molecule has 7 heteroatoms. The third kappa shape index (κ3) is 2.74. The SMILES string of the molecule is Cc1ccc(S(=O)(=O)Oc2cc3c(cc2Br)C2OC3c3cc4c(cc32)C2OC4c3ccccc32)cc1. The van der Waals surface area contributed by atoms with Crippen LogP contribution < -0.4 is 4.18 Å². The molecule has 0 radical (unpaired) electrons. The molecule has 4 aliphatic heterocycles. The van der Waals surface area contributed by atoms with E-state index < -0.39 is 10.1 Å². The maximum Gasteiger partial charge on any atom is 0.339 e. The maximum absolute atomic E-state index is 12.9. The van der Waals surface area contributed by atoms with Crippen LogP contribution in [0.1, 0.15) is 74.5 Å². The number of hydrogen-bond acceptors (Lipinski definition) is 5. The first-order chi connectivity index (χ1) is 17.4. The lowest BCUT2D eigenvalue weighted by atomic mass is 9.79. The summed E-state index contributed by atoms with van der Waals surface area (Å²) in [7, 11) is -3.97. The fourth-order valence-electron chi connectivity index (χ4n) is 6.07. The first-order valence-corrected chi connectivity index (χ1v) is 14.0. The van der Waals surface area contributed by atoms with Gasteiger partial charge < -0.3 is 13.7 Å². The normalized spacial score (nSPS) is 23.8.